The van der Waals surface area contributed by atoms with Crippen molar-refractivity contribution >= 4 is 17.7 Å². The Kier molecular flexibility index (Phi) is 3.92. The standard InChI is InChI=1S/C15H21N3O2S/c1-8-13(14(21-3)17-9(2)16-8)15(20)18-10-4-5-11(18)7-12(19)6-10/h10-12,19H,4-7H2,1-3H3. The summed E-state index contributed by atoms with van der Waals surface area (Å²) in [5, 5.41) is 10.6. The van der Waals surface area contributed by atoms with Crippen LogP contribution in [0, 0.1) is 13.8 Å². The zero-order valence-electron chi connectivity index (χ0n) is 12.7. The summed E-state index contributed by atoms with van der Waals surface area (Å²) in [7, 11) is 0. The molecule has 0 radical (unpaired) electrons. The fourth-order valence-electron chi connectivity index (χ4n) is 3.68. The molecule has 5 nitrogen and oxygen atoms in total. The van der Waals surface area contributed by atoms with Gasteiger partial charge < -0.3 is 10.0 Å². The minimum atomic E-state index is -0.262. The van der Waals surface area contributed by atoms with Gasteiger partial charge in [0.15, 0.2) is 0 Å². The highest BCUT2D eigenvalue weighted by Gasteiger charge is 2.43. The number of carbonyl (C=O) groups is 1. The molecule has 2 aliphatic heterocycles. The van der Waals surface area contributed by atoms with Gasteiger partial charge in [0.2, 0.25) is 0 Å². The van der Waals surface area contributed by atoms with Gasteiger partial charge in [0, 0.05) is 12.1 Å². The molecular formula is C15H21N3O2S. The van der Waals surface area contributed by atoms with E-state index < -0.39 is 0 Å². The van der Waals surface area contributed by atoms with Crippen LogP contribution in [-0.4, -0.2) is 50.3 Å². The van der Waals surface area contributed by atoms with E-state index in [0.29, 0.717) is 24.2 Å². The van der Waals surface area contributed by atoms with E-state index in [4.69, 9.17) is 0 Å². The Morgan fingerprint density at radius 3 is 2.43 bits per heavy atom. The third-order valence-corrected chi connectivity index (χ3v) is 5.20. The zero-order chi connectivity index (χ0) is 15.1. The first-order chi connectivity index (χ1) is 10.0. The van der Waals surface area contributed by atoms with Gasteiger partial charge in [0.1, 0.15) is 10.9 Å². The van der Waals surface area contributed by atoms with Crippen molar-refractivity contribution in [1.29, 1.82) is 0 Å². The SMILES string of the molecule is CSc1nc(C)nc(C)c1C(=O)N1C2CCC1CC(O)C2. The number of fused-ring (bicyclic) bond motifs is 2. The molecule has 1 aromatic heterocycles. The summed E-state index contributed by atoms with van der Waals surface area (Å²) in [6, 6.07) is 0.336. The zero-order valence-corrected chi connectivity index (χ0v) is 13.5. The largest absolute Gasteiger partial charge is 0.393 e. The first-order valence-electron chi connectivity index (χ1n) is 7.41. The summed E-state index contributed by atoms with van der Waals surface area (Å²) in [6.07, 6.45) is 5.06. The van der Waals surface area contributed by atoms with Gasteiger partial charge in [-0.3, -0.25) is 4.79 Å². The molecule has 3 heterocycles. The number of amides is 1. The van der Waals surface area contributed by atoms with Crippen LogP contribution in [0.4, 0.5) is 0 Å². The number of nitrogens with zero attached hydrogens (tertiary/aromatic N) is 3. The van der Waals surface area contributed by atoms with Crippen LogP contribution in [-0.2, 0) is 0 Å². The maximum atomic E-state index is 13.0. The van der Waals surface area contributed by atoms with Crippen molar-refractivity contribution in [3.8, 4) is 0 Å². The Balaban J connectivity index is 1.96. The number of rotatable bonds is 2. The lowest BCUT2D eigenvalue weighted by molar-refractivity contribution is 0.0283. The van der Waals surface area contributed by atoms with E-state index in [-0.39, 0.29) is 24.1 Å². The minimum Gasteiger partial charge on any atom is -0.393 e. The van der Waals surface area contributed by atoms with Crippen molar-refractivity contribution in [2.75, 3.05) is 6.26 Å². The van der Waals surface area contributed by atoms with Gasteiger partial charge in [-0.25, -0.2) is 9.97 Å². The van der Waals surface area contributed by atoms with E-state index in [1.807, 2.05) is 25.0 Å². The van der Waals surface area contributed by atoms with Crippen molar-refractivity contribution < 1.29 is 9.90 Å². The van der Waals surface area contributed by atoms with Gasteiger partial charge in [0.05, 0.1) is 17.4 Å². The van der Waals surface area contributed by atoms with Gasteiger partial charge in [-0.05, 0) is 45.8 Å². The minimum absolute atomic E-state index is 0.0382. The summed E-state index contributed by atoms with van der Waals surface area (Å²) in [5.41, 5.74) is 1.39. The molecule has 1 amide bonds. The summed E-state index contributed by atoms with van der Waals surface area (Å²) in [4.78, 5) is 23.8. The maximum absolute atomic E-state index is 13.0. The number of thioether (sulfide) groups is 1. The van der Waals surface area contributed by atoms with Crippen LogP contribution in [0.1, 0.15) is 47.6 Å². The average molecular weight is 307 g/mol. The van der Waals surface area contributed by atoms with Gasteiger partial charge in [-0.15, -0.1) is 11.8 Å². The van der Waals surface area contributed by atoms with Crippen LogP contribution in [0.3, 0.4) is 0 Å². The Hall–Kier alpha value is -1.14. The first-order valence-corrected chi connectivity index (χ1v) is 8.63. The fourth-order valence-corrected chi connectivity index (χ4v) is 4.35. The van der Waals surface area contributed by atoms with Crippen molar-refractivity contribution in [3.05, 3.63) is 17.1 Å². The lowest BCUT2D eigenvalue weighted by Crippen LogP contribution is -2.48. The van der Waals surface area contributed by atoms with Gasteiger partial charge in [-0.1, -0.05) is 0 Å². The highest BCUT2D eigenvalue weighted by atomic mass is 32.2. The molecule has 0 spiro atoms. The summed E-state index contributed by atoms with van der Waals surface area (Å²) >= 11 is 1.49. The number of hydrogen-bond acceptors (Lipinski definition) is 5. The second-order valence-electron chi connectivity index (χ2n) is 5.96. The Labute approximate surface area is 129 Å². The quantitative estimate of drug-likeness (QED) is 0.668. The maximum Gasteiger partial charge on any atom is 0.258 e. The molecule has 0 aromatic carbocycles. The first kappa shape index (κ1) is 14.8. The van der Waals surface area contributed by atoms with E-state index in [9.17, 15) is 9.90 Å². The summed E-state index contributed by atoms with van der Waals surface area (Å²) < 4.78 is 0. The molecule has 3 rings (SSSR count). The van der Waals surface area contributed by atoms with Crippen molar-refractivity contribution in [2.24, 2.45) is 0 Å². The fraction of sp³-hybridized carbons (Fsp3) is 0.667. The van der Waals surface area contributed by atoms with Crippen LogP contribution in [0.5, 0.6) is 0 Å². The van der Waals surface area contributed by atoms with E-state index in [2.05, 4.69) is 9.97 Å². The van der Waals surface area contributed by atoms with Gasteiger partial charge >= 0.3 is 0 Å². The topological polar surface area (TPSA) is 66.3 Å². The van der Waals surface area contributed by atoms with Crippen molar-refractivity contribution in [3.63, 3.8) is 0 Å². The van der Waals surface area contributed by atoms with E-state index in [1.165, 1.54) is 11.8 Å². The number of aryl methyl sites for hydroxylation is 2. The predicted octanol–water partition coefficient (Wildman–Crippen LogP) is 1.94. The number of aromatic nitrogens is 2. The summed E-state index contributed by atoms with van der Waals surface area (Å²) in [6.45, 7) is 3.73. The Morgan fingerprint density at radius 1 is 1.24 bits per heavy atom. The average Bonchev–Trinajstić information content (AvgIpc) is 2.69. The Bertz CT molecular complexity index is 564. The van der Waals surface area contributed by atoms with Crippen molar-refractivity contribution in [2.45, 2.75) is 62.7 Å². The molecule has 2 fully saturated rings. The van der Waals surface area contributed by atoms with Gasteiger partial charge in [-0.2, -0.15) is 0 Å². The summed E-state index contributed by atoms with van der Waals surface area (Å²) in [5.74, 6) is 0.738. The molecule has 2 atom stereocenters. The second-order valence-corrected chi connectivity index (χ2v) is 6.76. The van der Waals surface area contributed by atoms with Gasteiger partial charge in [0.25, 0.3) is 5.91 Å². The molecule has 6 heteroatoms. The Morgan fingerprint density at radius 2 is 1.86 bits per heavy atom. The molecule has 1 aromatic rings. The molecule has 21 heavy (non-hydrogen) atoms. The third-order valence-electron chi connectivity index (χ3n) is 4.52. The molecule has 2 unspecified atom stereocenters. The van der Waals surface area contributed by atoms with E-state index >= 15 is 0 Å². The molecule has 1 N–H and O–H groups in total. The molecule has 114 valence electrons. The molecule has 2 aliphatic rings. The van der Waals surface area contributed by atoms with Crippen LogP contribution >= 0.6 is 11.8 Å². The van der Waals surface area contributed by atoms with Crippen LogP contribution < -0.4 is 0 Å². The van der Waals surface area contributed by atoms with Crippen molar-refractivity contribution in [1.82, 2.24) is 14.9 Å². The lowest BCUT2D eigenvalue weighted by atomic mass is 9.98. The van der Waals surface area contributed by atoms with E-state index in [0.717, 1.165) is 23.6 Å². The second kappa shape index (κ2) is 5.57. The lowest BCUT2D eigenvalue weighted by Gasteiger charge is -2.37. The predicted molar refractivity (Wildman–Crippen MR) is 81.5 cm³/mol. The van der Waals surface area contributed by atoms with Crippen LogP contribution in [0.15, 0.2) is 5.03 Å². The molecule has 0 saturated carbocycles. The smallest absolute Gasteiger partial charge is 0.258 e. The molecule has 0 aliphatic carbocycles. The van der Waals surface area contributed by atoms with Crippen LogP contribution in [0.25, 0.3) is 0 Å². The van der Waals surface area contributed by atoms with E-state index in [1.54, 1.807) is 0 Å². The highest BCUT2D eigenvalue weighted by Crippen LogP contribution is 2.37. The number of hydrogen-bond donors (Lipinski definition) is 1. The molecular weight excluding hydrogens is 286 g/mol. The third kappa shape index (κ3) is 2.55. The molecule has 2 bridgehead atoms. The van der Waals surface area contributed by atoms with Crippen LogP contribution in [0.2, 0.25) is 0 Å². The molecule has 2 saturated heterocycles. The number of aliphatic hydroxyl groups excluding tert-OH is 1. The normalized spacial score (nSPS) is 28.0. The highest BCUT2D eigenvalue weighted by molar-refractivity contribution is 7.98. The monoisotopic (exact) mass is 307 g/mol. The number of piperidine rings is 1. The number of carbonyl (C=O) groups excluding carboxylic acids is 1. The number of aliphatic hydroxyl groups is 1.